The molecule has 3 rings (SSSR count). The zero-order chi connectivity index (χ0) is 20.9. The highest BCUT2D eigenvalue weighted by Gasteiger charge is 2.20. The number of hydrogen-bond donors (Lipinski definition) is 3. The van der Waals surface area contributed by atoms with E-state index >= 15 is 0 Å². The highest BCUT2D eigenvalue weighted by Crippen LogP contribution is 2.41. The Bertz CT molecular complexity index is 1060. The van der Waals surface area contributed by atoms with Gasteiger partial charge in [0.15, 0.2) is 30.4 Å². The van der Waals surface area contributed by atoms with E-state index in [0.29, 0.717) is 23.3 Å². The summed E-state index contributed by atoms with van der Waals surface area (Å²) in [5.41, 5.74) is 12.3. The maximum atomic E-state index is 12.1. The van der Waals surface area contributed by atoms with Crippen molar-refractivity contribution in [3.8, 4) is 0 Å². The van der Waals surface area contributed by atoms with E-state index in [0.717, 1.165) is 0 Å². The van der Waals surface area contributed by atoms with Crippen LogP contribution in [0, 0.1) is 0 Å². The summed E-state index contributed by atoms with van der Waals surface area (Å²) in [7, 11) is -3.92. The molecule has 0 saturated heterocycles. The molecule has 0 aliphatic carbocycles. The minimum Gasteiger partial charge on any atom is -0.382 e. The van der Waals surface area contributed by atoms with E-state index in [4.69, 9.17) is 20.7 Å². The second-order valence-electron chi connectivity index (χ2n) is 6.07. The van der Waals surface area contributed by atoms with Crippen molar-refractivity contribution < 1.29 is 28.1 Å². The van der Waals surface area contributed by atoms with Gasteiger partial charge in [-0.25, -0.2) is 19.5 Å². The van der Waals surface area contributed by atoms with E-state index < -0.39 is 19.9 Å². The fourth-order valence-electron chi connectivity index (χ4n) is 2.54. The van der Waals surface area contributed by atoms with Crippen LogP contribution in [0.15, 0.2) is 37.2 Å². The lowest BCUT2D eigenvalue weighted by molar-refractivity contribution is -0.697. The number of imidazole rings is 1. The minimum absolute atomic E-state index is 0.0353. The number of carbonyl (C=O) groups is 1. The van der Waals surface area contributed by atoms with Gasteiger partial charge < -0.3 is 30.2 Å². The second kappa shape index (κ2) is 9.05. The molecule has 1 amide bonds. The fourth-order valence-corrected chi connectivity index (χ4v) is 3.34. The lowest BCUT2D eigenvalue weighted by Crippen LogP contribution is -2.36. The highest BCUT2D eigenvalue weighted by atomic mass is 31.2. The first-order valence-electron chi connectivity index (χ1n) is 8.60. The molecule has 0 spiro atoms. The third-order valence-corrected chi connectivity index (χ3v) is 5.04. The number of nitrogens with zero attached hydrogens (tertiary/aromatic N) is 5. The summed E-state index contributed by atoms with van der Waals surface area (Å²) < 4.78 is 25.7. The number of hydrogen-bond acceptors (Lipinski definition) is 8. The predicted molar refractivity (Wildman–Crippen MR) is 101 cm³/mol. The van der Waals surface area contributed by atoms with Gasteiger partial charge in [0.05, 0.1) is 12.9 Å². The van der Waals surface area contributed by atoms with E-state index in [9.17, 15) is 14.3 Å². The average Bonchev–Trinajstić information content (AvgIpc) is 3.10. The van der Waals surface area contributed by atoms with Gasteiger partial charge in [-0.3, -0.25) is 9.36 Å². The quantitative estimate of drug-likeness (QED) is 0.225. The summed E-state index contributed by atoms with van der Waals surface area (Å²) >= 11 is 0. The van der Waals surface area contributed by atoms with E-state index in [1.807, 2.05) is 0 Å². The molecule has 154 valence electrons. The van der Waals surface area contributed by atoms with Crippen molar-refractivity contribution in [2.75, 3.05) is 25.3 Å². The molecule has 0 aliphatic heterocycles. The molecule has 0 fully saturated rings. The van der Waals surface area contributed by atoms with Gasteiger partial charge in [-0.2, -0.15) is 0 Å². The molecule has 1 atom stereocenters. The van der Waals surface area contributed by atoms with Gasteiger partial charge in [0.25, 0.3) is 5.91 Å². The maximum absolute atomic E-state index is 12.1. The fraction of sp³-hybridized carbons (Fsp3) is 0.312. The normalized spacial score (nSPS) is 13.4. The van der Waals surface area contributed by atoms with Gasteiger partial charge in [0, 0.05) is 12.6 Å². The highest BCUT2D eigenvalue weighted by molar-refractivity contribution is 7.52. The Morgan fingerprint density at radius 1 is 1.31 bits per heavy atom. The zero-order valence-electron chi connectivity index (χ0n) is 15.4. The second-order valence-corrected chi connectivity index (χ2v) is 7.86. The summed E-state index contributed by atoms with van der Waals surface area (Å²) in [6.45, 7) is 0.752. The summed E-state index contributed by atoms with van der Waals surface area (Å²) in [5, 5.41) is 0. The molecule has 0 aromatic carbocycles. The molecule has 0 radical (unpaired) electrons. The van der Waals surface area contributed by atoms with Gasteiger partial charge in [-0.15, -0.1) is 0 Å². The molecular formula is C16H21N7O5P+. The van der Waals surface area contributed by atoms with Crippen LogP contribution in [-0.4, -0.2) is 49.9 Å². The van der Waals surface area contributed by atoms with Crippen LogP contribution in [0.5, 0.6) is 0 Å². The first-order valence-corrected chi connectivity index (χ1v) is 10.4. The van der Waals surface area contributed by atoms with Crippen LogP contribution >= 0.6 is 7.60 Å². The molecule has 12 nitrogen and oxygen atoms in total. The number of amides is 1. The van der Waals surface area contributed by atoms with Crippen LogP contribution in [0.2, 0.25) is 0 Å². The molecule has 0 saturated carbocycles. The first-order chi connectivity index (χ1) is 13.9. The Hall–Kier alpha value is -2.92. The Kier molecular flexibility index (Phi) is 6.49. The Morgan fingerprint density at radius 2 is 2.14 bits per heavy atom. The number of nitrogens with two attached hydrogens (primary N) is 2. The topological polar surface area (TPSA) is 172 Å². The van der Waals surface area contributed by atoms with Crippen molar-refractivity contribution in [1.82, 2.24) is 19.5 Å². The SMILES string of the molecule is NC(=O)c1ccc[n+](CCOP(=O)(O)COCCn2cnc3c(N)ncnc32)c1. The van der Waals surface area contributed by atoms with Gasteiger partial charge in [-0.1, -0.05) is 0 Å². The van der Waals surface area contributed by atoms with Gasteiger partial charge in [-0.05, 0) is 6.07 Å². The van der Waals surface area contributed by atoms with E-state index in [1.54, 1.807) is 33.8 Å². The van der Waals surface area contributed by atoms with Crippen molar-refractivity contribution >= 4 is 30.5 Å². The first kappa shape index (κ1) is 20.8. The summed E-state index contributed by atoms with van der Waals surface area (Å²) in [6, 6.07) is 3.23. The molecule has 5 N–H and O–H groups in total. The van der Waals surface area contributed by atoms with Crippen LogP contribution in [-0.2, 0) is 26.9 Å². The van der Waals surface area contributed by atoms with Gasteiger partial charge >= 0.3 is 7.60 Å². The van der Waals surface area contributed by atoms with Crippen molar-refractivity contribution in [3.63, 3.8) is 0 Å². The smallest absolute Gasteiger partial charge is 0.353 e. The Morgan fingerprint density at radius 3 is 2.93 bits per heavy atom. The third kappa shape index (κ3) is 5.55. The molecular weight excluding hydrogens is 401 g/mol. The van der Waals surface area contributed by atoms with Crippen LogP contribution < -0.4 is 16.0 Å². The number of primary amides is 1. The third-order valence-electron chi connectivity index (χ3n) is 3.95. The number of fused-ring (bicyclic) bond motifs is 1. The summed E-state index contributed by atoms with van der Waals surface area (Å²) in [4.78, 5) is 33.1. The van der Waals surface area contributed by atoms with Crippen LogP contribution in [0.1, 0.15) is 10.4 Å². The summed E-state index contributed by atoms with van der Waals surface area (Å²) in [6.07, 6.45) is 5.66. The number of pyridine rings is 1. The van der Waals surface area contributed by atoms with Crippen LogP contribution in [0.3, 0.4) is 0 Å². The Labute approximate surface area is 165 Å². The van der Waals surface area contributed by atoms with Crippen molar-refractivity contribution in [3.05, 3.63) is 42.7 Å². The van der Waals surface area contributed by atoms with Gasteiger partial charge in [0.2, 0.25) is 0 Å². The maximum Gasteiger partial charge on any atom is 0.353 e. The summed E-state index contributed by atoms with van der Waals surface area (Å²) in [5.74, 6) is -0.275. The molecule has 0 bridgehead atoms. The zero-order valence-corrected chi connectivity index (χ0v) is 16.3. The van der Waals surface area contributed by atoms with Crippen molar-refractivity contribution in [2.45, 2.75) is 13.1 Å². The lowest BCUT2D eigenvalue weighted by atomic mass is 10.3. The predicted octanol–water partition coefficient (Wildman–Crippen LogP) is -0.329. The number of carbonyl (C=O) groups excluding carboxylic acids is 1. The molecule has 1 unspecified atom stereocenters. The van der Waals surface area contributed by atoms with E-state index in [-0.39, 0.29) is 25.6 Å². The molecule has 29 heavy (non-hydrogen) atoms. The molecule has 3 aromatic heterocycles. The molecule has 3 aromatic rings. The van der Waals surface area contributed by atoms with Gasteiger partial charge in [0.1, 0.15) is 30.4 Å². The number of aromatic nitrogens is 5. The van der Waals surface area contributed by atoms with Crippen molar-refractivity contribution in [2.24, 2.45) is 5.73 Å². The van der Waals surface area contributed by atoms with E-state index in [1.165, 1.54) is 12.5 Å². The number of ether oxygens (including phenoxy) is 1. The van der Waals surface area contributed by atoms with Crippen LogP contribution in [0.4, 0.5) is 5.82 Å². The average molecular weight is 422 g/mol. The number of rotatable bonds is 10. The van der Waals surface area contributed by atoms with Crippen LogP contribution in [0.25, 0.3) is 11.2 Å². The molecule has 13 heteroatoms. The number of anilines is 1. The van der Waals surface area contributed by atoms with E-state index in [2.05, 4.69) is 15.0 Å². The molecule has 3 heterocycles. The molecule has 0 aliphatic rings. The monoisotopic (exact) mass is 422 g/mol. The lowest BCUT2D eigenvalue weighted by Gasteiger charge is -2.12. The standard InChI is InChI=1S/C16H20N7O5P/c17-14-13-16(20-9-19-14)23(10-21-13)5-6-27-11-29(25,26)28-7-4-22-3-1-2-12(8-22)15(18)24/h1-3,8-10H,4-7,11H2,(H4-,17,18,19,20,24,25,26)/p+1. The largest absolute Gasteiger partial charge is 0.382 e. The van der Waals surface area contributed by atoms with Crippen molar-refractivity contribution in [1.29, 1.82) is 0 Å². The Balaban J connectivity index is 1.43. The number of nitrogen functional groups attached to an aromatic ring is 1. The minimum atomic E-state index is -3.92.